The van der Waals surface area contributed by atoms with Gasteiger partial charge in [0.2, 0.25) is 0 Å². The van der Waals surface area contributed by atoms with Crippen LogP contribution in [0.15, 0.2) is 18.2 Å². The Morgan fingerprint density at radius 2 is 2.04 bits per heavy atom. The number of benzene rings is 1. The number of halogens is 2. The van der Waals surface area contributed by atoms with Crippen LogP contribution >= 0.6 is 0 Å². The minimum atomic E-state index is -0.575. The van der Waals surface area contributed by atoms with E-state index in [-0.39, 0.29) is 17.6 Å². The van der Waals surface area contributed by atoms with Crippen molar-refractivity contribution in [2.75, 3.05) is 26.2 Å². The molecule has 0 amide bonds. The fraction of sp³-hybridized carbons (Fsp3) is 0.714. The summed E-state index contributed by atoms with van der Waals surface area (Å²) in [7, 11) is 0. The van der Waals surface area contributed by atoms with Gasteiger partial charge >= 0.3 is 0 Å². The summed E-state index contributed by atoms with van der Waals surface area (Å²) in [5.74, 6) is -0.187. The van der Waals surface area contributed by atoms with E-state index >= 15 is 0 Å². The van der Waals surface area contributed by atoms with Gasteiger partial charge in [-0.3, -0.25) is 9.80 Å². The molecular formula is C21H31F2N3O. The van der Waals surface area contributed by atoms with Crippen LogP contribution in [0.25, 0.3) is 0 Å². The summed E-state index contributed by atoms with van der Waals surface area (Å²) in [6.07, 6.45) is 2.74. The standard InChI is InChI=1S/C21H31F2N3O/c1-13(2)26-7-3-4-14-10-25(11-20(14)26)16-9-19(24)21(27-12-16)17-8-15(22)5-6-18(17)23/h5-6,8,13-14,16,19-21H,3-4,7,9-12,24H2,1-2H3/t14?,16-,19+,20?,21-/m1/s1. The summed E-state index contributed by atoms with van der Waals surface area (Å²) in [5, 5.41) is 0. The number of fused-ring (bicyclic) bond motifs is 1. The first-order valence-corrected chi connectivity index (χ1v) is 10.3. The zero-order valence-electron chi connectivity index (χ0n) is 16.3. The van der Waals surface area contributed by atoms with Gasteiger partial charge in [-0.25, -0.2) is 8.78 Å². The van der Waals surface area contributed by atoms with E-state index in [0.29, 0.717) is 18.7 Å². The van der Waals surface area contributed by atoms with Crippen molar-refractivity contribution >= 4 is 0 Å². The molecule has 4 rings (SSSR count). The maximum absolute atomic E-state index is 14.1. The van der Waals surface area contributed by atoms with E-state index in [9.17, 15) is 8.78 Å². The minimum Gasteiger partial charge on any atom is -0.370 e. The van der Waals surface area contributed by atoms with Crippen molar-refractivity contribution < 1.29 is 13.5 Å². The smallest absolute Gasteiger partial charge is 0.129 e. The molecule has 0 saturated carbocycles. The first-order valence-electron chi connectivity index (χ1n) is 10.3. The molecule has 150 valence electrons. The monoisotopic (exact) mass is 379 g/mol. The van der Waals surface area contributed by atoms with E-state index < -0.39 is 17.7 Å². The molecule has 2 unspecified atom stereocenters. The zero-order valence-corrected chi connectivity index (χ0v) is 16.3. The molecule has 0 aliphatic carbocycles. The van der Waals surface area contributed by atoms with Crippen LogP contribution in [0.4, 0.5) is 8.78 Å². The molecule has 0 aromatic heterocycles. The Labute approximate surface area is 160 Å². The van der Waals surface area contributed by atoms with Crippen LogP contribution in [0, 0.1) is 17.6 Å². The summed E-state index contributed by atoms with van der Waals surface area (Å²) in [4.78, 5) is 5.16. The van der Waals surface area contributed by atoms with Gasteiger partial charge in [-0.05, 0) is 63.8 Å². The van der Waals surface area contributed by atoms with E-state index in [2.05, 4.69) is 23.6 Å². The van der Waals surface area contributed by atoms with Crippen molar-refractivity contribution in [3.63, 3.8) is 0 Å². The fourth-order valence-corrected chi connectivity index (χ4v) is 5.34. The molecule has 6 heteroatoms. The number of likely N-dealkylation sites (tertiary alicyclic amines) is 2. The number of piperidine rings is 1. The van der Waals surface area contributed by atoms with Crippen LogP contribution in [0.5, 0.6) is 0 Å². The third-order valence-electron chi connectivity index (χ3n) is 6.70. The number of nitrogens with two attached hydrogens (primary N) is 1. The van der Waals surface area contributed by atoms with Gasteiger partial charge in [0.25, 0.3) is 0 Å². The van der Waals surface area contributed by atoms with Gasteiger partial charge in [0.1, 0.15) is 17.7 Å². The van der Waals surface area contributed by atoms with Crippen LogP contribution < -0.4 is 5.73 Å². The molecule has 0 spiro atoms. The maximum atomic E-state index is 14.1. The molecule has 5 atom stereocenters. The first kappa shape index (κ1) is 19.2. The molecule has 3 aliphatic rings. The van der Waals surface area contributed by atoms with Crippen molar-refractivity contribution in [2.24, 2.45) is 11.7 Å². The second-order valence-electron chi connectivity index (χ2n) is 8.73. The Balaban J connectivity index is 1.42. The fourth-order valence-electron chi connectivity index (χ4n) is 5.34. The number of hydrogen-bond donors (Lipinski definition) is 1. The highest BCUT2D eigenvalue weighted by Gasteiger charge is 2.44. The van der Waals surface area contributed by atoms with Crippen molar-refractivity contribution in [3.05, 3.63) is 35.4 Å². The van der Waals surface area contributed by atoms with Crippen molar-refractivity contribution in [3.8, 4) is 0 Å². The third-order valence-corrected chi connectivity index (χ3v) is 6.70. The predicted octanol–water partition coefficient (Wildman–Crippen LogP) is 2.93. The number of ether oxygens (including phenoxy) is 1. The number of rotatable bonds is 3. The Morgan fingerprint density at radius 1 is 1.22 bits per heavy atom. The summed E-state index contributed by atoms with van der Waals surface area (Å²) in [6.45, 7) is 8.42. The molecule has 3 heterocycles. The predicted molar refractivity (Wildman–Crippen MR) is 101 cm³/mol. The third kappa shape index (κ3) is 3.77. The highest BCUT2D eigenvalue weighted by Crippen LogP contribution is 2.36. The highest BCUT2D eigenvalue weighted by molar-refractivity contribution is 5.23. The van der Waals surface area contributed by atoms with E-state index in [4.69, 9.17) is 10.5 Å². The average molecular weight is 379 g/mol. The van der Waals surface area contributed by atoms with Gasteiger partial charge in [-0.2, -0.15) is 0 Å². The van der Waals surface area contributed by atoms with Gasteiger partial charge in [-0.15, -0.1) is 0 Å². The Morgan fingerprint density at radius 3 is 2.78 bits per heavy atom. The van der Waals surface area contributed by atoms with Gasteiger partial charge in [0.05, 0.1) is 6.61 Å². The molecule has 3 aliphatic heterocycles. The number of nitrogens with zero attached hydrogens (tertiary/aromatic N) is 2. The lowest BCUT2D eigenvalue weighted by Crippen LogP contribution is -2.50. The van der Waals surface area contributed by atoms with Crippen molar-refractivity contribution in [1.82, 2.24) is 9.80 Å². The quantitative estimate of drug-likeness (QED) is 0.877. The largest absolute Gasteiger partial charge is 0.370 e. The van der Waals surface area contributed by atoms with E-state index in [1.165, 1.54) is 25.5 Å². The van der Waals surface area contributed by atoms with Gasteiger partial charge in [-0.1, -0.05) is 0 Å². The minimum absolute atomic E-state index is 0.238. The molecule has 1 aromatic carbocycles. The van der Waals surface area contributed by atoms with Gasteiger partial charge in [0, 0.05) is 42.8 Å². The molecule has 0 bridgehead atoms. The topological polar surface area (TPSA) is 41.7 Å². The normalized spacial score (nSPS) is 35.6. The van der Waals surface area contributed by atoms with E-state index in [0.717, 1.165) is 37.6 Å². The summed E-state index contributed by atoms with van der Waals surface area (Å²) in [5.41, 5.74) is 6.60. The Hall–Kier alpha value is -1.08. The summed E-state index contributed by atoms with van der Waals surface area (Å²) in [6, 6.07) is 4.61. The highest BCUT2D eigenvalue weighted by atomic mass is 19.1. The van der Waals surface area contributed by atoms with E-state index in [1.54, 1.807) is 0 Å². The lowest BCUT2D eigenvalue weighted by atomic mass is 9.91. The molecule has 4 nitrogen and oxygen atoms in total. The van der Waals surface area contributed by atoms with E-state index in [1.807, 2.05) is 0 Å². The van der Waals surface area contributed by atoms with Gasteiger partial charge in [0.15, 0.2) is 0 Å². The molecule has 27 heavy (non-hydrogen) atoms. The molecule has 3 saturated heterocycles. The van der Waals surface area contributed by atoms with Gasteiger partial charge < -0.3 is 10.5 Å². The molecule has 1 aromatic rings. The van der Waals surface area contributed by atoms with Crippen LogP contribution in [-0.4, -0.2) is 60.2 Å². The lowest BCUT2D eigenvalue weighted by molar-refractivity contribution is -0.0484. The Bertz CT molecular complexity index is 671. The van der Waals surface area contributed by atoms with Crippen LogP contribution in [0.2, 0.25) is 0 Å². The van der Waals surface area contributed by atoms with Crippen molar-refractivity contribution in [2.45, 2.75) is 63.4 Å². The van der Waals surface area contributed by atoms with Crippen LogP contribution in [0.1, 0.15) is 44.8 Å². The average Bonchev–Trinajstić information content (AvgIpc) is 3.08. The maximum Gasteiger partial charge on any atom is 0.129 e. The molecular weight excluding hydrogens is 348 g/mol. The van der Waals surface area contributed by atoms with Crippen molar-refractivity contribution in [1.29, 1.82) is 0 Å². The number of hydrogen-bond acceptors (Lipinski definition) is 4. The second-order valence-corrected chi connectivity index (χ2v) is 8.73. The SMILES string of the molecule is CC(C)N1CCCC2CN([C@H]3CO[C@H](c4cc(F)ccc4F)[C@@H](N)C3)CC21. The van der Waals surface area contributed by atoms with Crippen LogP contribution in [-0.2, 0) is 4.74 Å². The lowest BCUT2D eigenvalue weighted by Gasteiger charge is -2.40. The summed E-state index contributed by atoms with van der Waals surface area (Å²) < 4.78 is 33.7. The molecule has 0 radical (unpaired) electrons. The Kier molecular flexibility index (Phi) is 5.52. The molecule has 2 N–H and O–H groups in total. The first-order chi connectivity index (χ1) is 12.9. The second kappa shape index (κ2) is 7.74. The van der Waals surface area contributed by atoms with Crippen LogP contribution in [0.3, 0.4) is 0 Å². The zero-order chi connectivity index (χ0) is 19.1. The summed E-state index contributed by atoms with van der Waals surface area (Å²) >= 11 is 0. The molecule has 3 fully saturated rings.